The van der Waals surface area contributed by atoms with E-state index < -0.39 is 0 Å². The lowest BCUT2D eigenvalue weighted by atomic mass is 10.0. The Morgan fingerprint density at radius 1 is 1.24 bits per heavy atom. The minimum absolute atomic E-state index is 0.0574. The van der Waals surface area contributed by atoms with Crippen molar-refractivity contribution in [1.82, 2.24) is 9.78 Å². The molecular weight excluding hydrogens is 316 g/mol. The van der Waals surface area contributed by atoms with Crippen LogP contribution in [0.5, 0.6) is 0 Å². The molecule has 1 aromatic carbocycles. The topological polar surface area (TPSA) is 76.7 Å². The summed E-state index contributed by atoms with van der Waals surface area (Å²) in [5.41, 5.74) is 3.64. The third kappa shape index (κ3) is 3.80. The monoisotopic (exact) mass is 339 g/mol. The molecule has 3 rings (SSSR count). The van der Waals surface area contributed by atoms with Gasteiger partial charge in [0.15, 0.2) is 18.3 Å². The van der Waals surface area contributed by atoms with Crippen molar-refractivity contribution in [3.63, 3.8) is 0 Å². The first-order chi connectivity index (χ1) is 12.1. The van der Waals surface area contributed by atoms with Crippen LogP contribution >= 0.6 is 0 Å². The molecule has 0 saturated carbocycles. The van der Waals surface area contributed by atoms with Crippen LogP contribution in [-0.4, -0.2) is 22.2 Å². The second kappa shape index (κ2) is 7.36. The van der Waals surface area contributed by atoms with E-state index in [0.29, 0.717) is 0 Å². The largest absolute Gasteiger partial charge is 0.463 e. The molecule has 0 aliphatic rings. The van der Waals surface area contributed by atoms with E-state index in [0.717, 1.165) is 28.4 Å². The van der Waals surface area contributed by atoms with Crippen molar-refractivity contribution in [2.24, 2.45) is 7.05 Å². The van der Waals surface area contributed by atoms with Crippen LogP contribution in [0.2, 0.25) is 0 Å². The Hall–Kier alpha value is -2.86. The Kier molecular flexibility index (Phi) is 5.00. The van der Waals surface area contributed by atoms with E-state index in [4.69, 9.17) is 4.42 Å². The second-order valence-electron chi connectivity index (χ2n) is 6.06. The third-order valence-electron chi connectivity index (χ3n) is 4.32. The number of carbonyl (C=O) groups excluding carboxylic acids is 1. The SMILES string of the molecule is Cc1nn(C)c(C)c1NC(=O)C[NH2+][C@H](c1ccccc1)c1ccco1. The fraction of sp³-hybridized carbons (Fsp3) is 0.263. The Morgan fingerprint density at radius 3 is 2.60 bits per heavy atom. The number of furan rings is 1. The van der Waals surface area contributed by atoms with Crippen LogP contribution < -0.4 is 10.6 Å². The third-order valence-corrected chi connectivity index (χ3v) is 4.32. The van der Waals surface area contributed by atoms with Gasteiger partial charge in [-0.25, -0.2) is 0 Å². The highest BCUT2D eigenvalue weighted by Crippen LogP contribution is 2.19. The van der Waals surface area contributed by atoms with E-state index in [-0.39, 0.29) is 18.5 Å². The van der Waals surface area contributed by atoms with Crippen molar-refractivity contribution >= 4 is 11.6 Å². The predicted molar refractivity (Wildman–Crippen MR) is 95.1 cm³/mol. The zero-order chi connectivity index (χ0) is 17.8. The molecule has 0 unspecified atom stereocenters. The van der Waals surface area contributed by atoms with Crippen molar-refractivity contribution in [2.45, 2.75) is 19.9 Å². The molecule has 0 aliphatic carbocycles. The molecule has 130 valence electrons. The molecule has 2 heterocycles. The second-order valence-corrected chi connectivity index (χ2v) is 6.06. The molecule has 0 saturated heterocycles. The summed E-state index contributed by atoms with van der Waals surface area (Å²) < 4.78 is 7.33. The average Bonchev–Trinajstić information content (AvgIpc) is 3.21. The maximum atomic E-state index is 12.4. The Bertz CT molecular complexity index is 838. The first-order valence-electron chi connectivity index (χ1n) is 8.28. The molecular formula is C19H23N4O2+. The Labute approximate surface area is 146 Å². The van der Waals surface area contributed by atoms with Crippen LogP contribution in [0.4, 0.5) is 5.69 Å². The number of hydrogen-bond donors (Lipinski definition) is 2. The van der Waals surface area contributed by atoms with Gasteiger partial charge in [-0.3, -0.25) is 9.48 Å². The number of carbonyl (C=O) groups is 1. The van der Waals surface area contributed by atoms with E-state index in [1.807, 2.05) is 68.7 Å². The van der Waals surface area contributed by atoms with Crippen molar-refractivity contribution in [1.29, 1.82) is 0 Å². The minimum Gasteiger partial charge on any atom is -0.463 e. The van der Waals surface area contributed by atoms with Gasteiger partial charge in [0.25, 0.3) is 5.91 Å². The van der Waals surface area contributed by atoms with E-state index in [1.165, 1.54) is 0 Å². The maximum Gasteiger partial charge on any atom is 0.279 e. The number of quaternary nitrogens is 1. The molecule has 1 atom stereocenters. The van der Waals surface area contributed by atoms with Gasteiger partial charge < -0.3 is 15.1 Å². The molecule has 0 bridgehead atoms. The van der Waals surface area contributed by atoms with Crippen LogP contribution in [0.15, 0.2) is 53.1 Å². The van der Waals surface area contributed by atoms with E-state index in [1.54, 1.807) is 10.9 Å². The molecule has 0 radical (unpaired) electrons. The van der Waals surface area contributed by atoms with Crippen molar-refractivity contribution in [3.05, 3.63) is 71.4 Å². The molecule has 2 aromatic heterocycles. The minimum atomic E-state index is -0.0633. The van der Waals surface area contributed by atoms with Gasteiger partial charge in [-0.1, -0.05) is 30.3 Å². The lowest BCUT2D eigenvalue weighted by molar-refractivity contribution is -0.678. The van der Waals surface area contributed by atoms with Crippen LogP contribution in [0, 0.1) is 13.8 Å². The van der Waals surface area contributed by atoms with Gasteiger partial charge in [0.2, 0.25) is 0 Å². The molecule has 6 nitrogen and oxygen atoms in total. The van der Waals surface area contributed by atoms with Crippen molar-refractivity contribution < 1.29 is 14.5 Å². The summed E-state index contributed by atoms with van der Waals surface area (Å²) in [5.74, 6) is 0.763. The van der Waals surface area contributed by atoms with Gasteiger partial charge in [0.05, 0.1) is 23.3 Å². The number of nitrogens with zero attached hydrogens (tertiary/aromatic N) is 2. The molecule has 3 N–H and O–H groups in total. The van der Waals surface area contributed by atoms with Gasteiger partial charge in [-0.2, -0.15) is 5.10 Å². The van der Waals surface area contributed by atoms with E-state index >= 15 is 0 Å². The molecule has 0 aliphatic heterocycles. The number of hydrogen-bond acceptors (Lipinski definition) is 3. The normalized spacial score (nSPS) is 12.1. The fourth-order valence-corrected chi connectivity index (χ4v) is 2.91. The molecule has 25 heavy (non-hydrogen) atoms. The smallest absolute Gasteiger partial charge is 0.279 e. The van der Waals surface area contributed by atoms with Gasteiger partial charge in [0, 0.05) is 12.6 Å². The summed E-state index contributed by atoms with van der Waals surface area (Å²) in [5, 5.41) is 9.27. The van der Waals surface area contributed by atoms with Crippen LogP contribution in [0.1, 0.15) is 28.8 Å². The fourth-order valence-electron chi connectivity index (χ4n) is 2.91. The van der Waals surface area contributed by atoms with Gasteiger partial charge in [-0.15, -0.1) is 0 Å². The summed E-state index contributed by atoms with van der Waals surface area (Å²) in [4.78, 5) is 12.4. The number of amides is 1. The number of nitrogens with two attached hydrogens (primary N) is 1. The van der Waals surface area contributed by atoms with Crippen molar-refractivity contribution in [2.75, 3.05) is 11.9 Å². The van der Waals surface area contributed by atoms with Gasteiger partial charge in [-0.05, 0) is 26.0 Å². The zero-order valence-corrected chi connectivity index (χ0v) is 14.7. The number of aromatic nitrogens is 2. The number of rotatable bonds is 6. The lowest BCUT2D eigenvalue weighted by Crippen LogP contribution is -2.87. The van der Waals surface area contributed by atoms with Crippen molar-refractivity contribution in [3.8, 4) is 0 Å². The summed E-state index contributed by atoms with van der Waals surface area (Å²) in [6, 6.07) is 13.8. The van der Waals surface area contributed by atoms with Crippen LogP contribution in [0.25, 0.3) is 0 Å². The summed E-state index contributed by atoms with van der Waals surface area (Å²) in [6.07, 6.45) is 1.65. The number of aryl methyl sites for hydroxylation is 2. The highest BCUT2D eigenvalue weighted by molar-refractivity contribution is 5.92. The molecule has 0 fully saturated rings. The van der Waals surface area contributed by atoms with Gasteiger partial charge >= 0.3 is 0 Å². The van der Waals surface area contributed by atoms with Crippen LogP contribution in [-0.2, 0) is 11.8 Å². The first-order valence-corrected chi connectivity index (χ1v) is 8.28. The Balaban J connectivity index is 1.70. The Morgan fingerprint density at radius 2 is 2.00 bits per heavy atom. The van der Waals surface area contributed by atoms with Crippen LogP contribution in [0.3, 0.4) is 0 Å². The summed E-state index contributed by atoms with van der Waals surface area (Å²) >= 11 is 0. The molecule has 1 amide bonds. The quantitative estimate of drug-likeness (QED) is 0.720. The zero-order valence-electron chi connectivity index (χ0n) is 14.7. The lowest BCUT2D eigenvalue weighted by Gasteiger charge is -2.14. The maximum absolute atomic E-state index is 12.4. The standard InChI is InChI=1S/C19H22N4O2/c1-13-18(14(2)23(3)22-13)21-17(24)12-20-19(16-10-7-11-25-16)15-8-5-4-6-9-15/h4-11,19-20H,12H2,1-3H3,(H,21,24)/p+1/t19-/m1/s1. The molecule has 3 aromatic rings. The summed E-state index contributed by atoms with van der Waals surface area (Å²) in [7, 11) is 1.87. The van der Waals surface area contributed by atoms with Gasteiger partial charge in [0.1, 0.15) is 0 Å². The molecule has 6 heteroatoms. The number of benzene rings is 1. The average molecular weight is 339 g/mol. The number of nitrogens with one attached hydrogen (secondary N) is 1. The highest BCUT2D eigenvalue weighted by Gasteiger charge is 2.22. The molecule has 0 spiro atoms. The highest BCUT2D eigenvalue weighted by atomic mass is 16.3. The predicted octanol–water partition coefficient (Wildman–Crippen LogP) is 1.92. The summed E-state index contributed by atoms with van der Waals surface area (Å²) in [6.45, 7) is 4.12. The number of anilines is 1. The first kappa shape index (κ1) is 17.0. The van der Waals surface area contributed by atoms with E-state index in [2.05, 4.69) is 10.4 Å². The van der Waals surface area contributed by atoms with E-state index in [9.17, 15) is 4.79 Å².